The van der Waals surface area contributed by atoms with Gasteiger partial charge in [-0.25, -0.2) is 0 Å². The van der Waals surface area contributed by atoms with Crippen molar-refractivity contribution in [2.24, 2.45) is 5.92 Å². The average Bonchev–Trinajstić information content (AvgIpc) is 3.24. The van der Waals surface area contributed by atoms with E-state index >= 15 is 0 Å². The van der Waals surface area contributed by atoms with E-state index in [1.54, 1.807) is 14.0 Å². The molecule has 3 rings (SSSR count). The lowest BCUT2D eigenvalue weighted by atomic mass is 10.0. The zero-order valence-electron chi connectivity index (χ0n) is 13.5. The highest BCUT2D eigenvalue weighted by molar-refractivity contribution is 5.94. The second-order valence-electron chi connectivity index (χ2n) is 6.47. The summed E-state index contributed by atoms with van der Waals surface area (Å²) in [6.07, 6.45) is 3.72. The van der Waals surface area contributed by atoms with Crippen LogP contribution in [0.5, 0.6) is 5.75 Å². The molecule has 0 unspecified atom stereocenters. The fourth-order valence-electron chi connectivity index (χ4n) is 3.18. The summed E-state index contributed by atoms with van der Waals surface area (Å²) in [4.78, 5) is 14.2. The number of nitrogens with zero attached hydrogens (tertiary/aromatic N) is 1. The molecule has 4 nitrogen and oxygen atoms in total. The molecule has 1 atom stereocenters. The Morgan fingerprint density at radius 3 is 2.77 bits per heavy atom. The summed E-state index contributed by atoms with van der Waals surface area (Å²) in [7, 11) is 1.69. The van der Waals surface area contributed by atoms with Crippen molar-refractivity contribution in [1.29, 1.82) is 0 Å². The molecule has 0 N–H and O–H groups in total. The first kappa shape index (κ1) is 15.5. The number of hydrogen-bond acceptors (Lipinski definition) is 4. The van der Waals surface area contributed by atoms with Gasteiger partial charge in [0, 0.05) is 36.9 Å². The van der Waals surface area contributed by atoms with Gasteiger partial charge in [0.05, 0.1) is 13.7 Å². The molecule has 1 saturated heterocycles. The number of ketones is 1. The summed E-state index contributed by atoms with van der Waals surface area (Å²) >= 11 is 0. The van der Waals surface area contributed by atoms with Crippen LogP contribution in [0.25, 0.3) is 0 Å². The maximum absolute atomic E-state index is 11.6. The molecule has 2 fully saturated rings. The van der Waals surface area contributed by atoms with Crippen molar-refractivity contribution < 1.29 is 14.3 Å². The number of carbonyl (C=O) groups is 1. The average molecular weight is 303 g/mol. The standard InChI is InChI=1S/C18H25NO3/c1-13(20)15-3-6-18(21-2)16(9-15)11-19(17-4-5-17)10-14-7-8-22-12-14/h3,6,9,14,17H,4-5,7-8,10-12H2,1-2H3/t14-/m1/s1. The van der Waals surface area contributed by atoms with Crippen molar-refractivity contribution in [3.05, 3.63) is 29.3 Å². The number of benzene rings is 1. The monoisotopic (exact) mass is 303 g/mol. The summed E-state index contributed by atoms with van der Waals surface area (Å²) in [5.41, 5.74) is 1.87. The van der Waals surface area contributed by atoms with E-state index in [9.17, 15) is 4.79 Å². The van der Waals surface area contributed by atoms with Crippen molar-refractivity contribution in [3.8, 4) is 5.75 Å². The van der Waals surface area contributed by atoms with E-state index in [1.165, 1.54) is 12.8 Å². The molecule has 0 amide bonds. The zero-order chi connectivity index (χ0) is 15.5. The Kier molecular flexibility index (Phi) is 4.79. The fraction of sp³-hybridized carbons (Fsp3) is 0.611. The summed E-state index contributed by atoms with van der Waals surface area (Å²) in [6.45, 7) is 5.32. The Morgan fingerprint density at radius 1 is 1.36 bits per heavy atom. The quantitative estimate of drug-likeness (QED) is 0.726. The number of Topliss-reactive ketones (excluding diaryl/α,β-unsaturated/α-hetero) is 1. The Morgan fingerprint density at radius 2 is 2.18 bits per heavy atom. The van der Waals surface area contributed by atoms with Gasteiger partial charge >= 0.3 is 0 Å². The second kappa shape index (κ2) is 6.80. The third-order valence-electron chi connectivity index (χ3n) is 4.64. The molecule has 1 aliphatic heterocycles. The highest BCUT2D eigenvalue weighted by atomic mass is 16.5. The van der Waals surface area contributed by atoms with E-state index in [0.717, 1.165) is 49.6 Å². The van der Waals surface area contributed by atoms with Gasteiger partial charge in [0.2, 0.25) is 0 Å². The lowest BCUT2D eigenvalue weighted by Crippen LogP contribution is -2.31. The van der Waals surface area contributed by atoms with E-state index in [1.807, 2.05) is 18.2 Å². The van der Waals surface area contributed by atoms with Crippen LogP contribution in [0.4, 0.5) is 0 Å². The van der Waals surface area contributed by atoms with Crippen LogP contribution >= 0.6 is 0 Å². The predicted molar refractivity (Wildman–Crippen MR) is 85.4 cm³/mol. The third-order valence-corrected chi connectivity index (χ3v) is 4.64. The Bertz CT molecular complexity index is 533. The molecule has 4 heteroatoms. The fourth-order valence-corrected chi connectivity index (χ4v) is 3.18. The highest BCUT2D eigenvalue weighted by Gasteiger charge is 2.32. The molecule has 0 bridgehead atoms. The first-order valence-corrected chi connectivity index (χ1v) is 8.17. The van der Waals surface area contributed by atoms with Gasteiger partial charge in [-0.05, 0) is 50.3 Å². The second-order valence-corrected chi connectivity index (χ2v) is 6.47. The molecule has 1 aromatic carbocycles. The largest absolute Gasteiger partial charge is 0.496 e. The van der Waals surface area contributed by atoms with Gasteiger partial charge in [0.1, 0.15) is 5.75 Å². The molecular formula is C18H25NO3. The van der Waals surface area contributed by atoms with Crippen LogP contribution < -0.4 is 4.74 Å². The third kappa shape index (κ3) is 3.68. The summed E-state index contributed by atoms with van der Waals surface area (Å²) in [5, 5.41) is 0. The van der Waals surface area contributed by atoms with Crippen LogP contribution in [0.1, 0.15) is 42.1 Å². The lowest BCUT2D eigenvalue weighted by Gasteiger charge is -2.26. The van der Waals surface area contributed by atoms with Crippen molar-refractivity contribution in [2.75, 3.05) is 26.9 Å². The lowest BCUT2D eigenvalue weighted by molar-refractivity contribution is 0.101. The van der Waals surface area contributed by atoms with Gasteiger partial charge in [-0.3, -0.25) is 9.69 Å². The Balaban J connectivity index is 1.75. The van der Waals surface area contributed by atoms with E-state index < -0.39 is 0 Å². The number of carbonyl (C=O) groups excluding carboxylic acids is 1. The number of rotatable bonds is 7. The topological polar surface area (TPSA) is 38.8 Å². The molecule has 2 aliphatic rings. The minimum absolute atomic E-state index is 0.103. The molecule has 1 heterocycles. The van der Waals surface area contributed by atoms with Crippen molar-refractivity contribution in [1.82, 2.24) is 4.90 Å². The normalized spacial score (nSPS) is 21.3. The van der Waals surface area contributed by atoms with E-state index in [0.29, 0.717) is 12.0 Å². The van der Waals surface area contributed by atoms with Gasteiger partial charge in [-0.2, -0.15) is 0 Å². The molecule has 120 valence electrons. The van der Waals surface area contributed by atoms with Crippen LogP contribution in [0.3, 0.4) is 0 Å². The van der Waals surface area contributed by atoms with Crippen LogP contribution in [-0.4, -0.2) is 43.6 Å². The van der Waals surface area contributed by atoms with Crippen LogP contribution in [0.15, 0.2) is 18.2 Å². The van der Waals surface area contributed by atoms with Crippen LogP contribution in [0.2, 0.25) is 0 Å². The SMILES string of the molecule is COc1ccc(C(C)=O)cc1CN(C[C@H]1CCOC1)C1CC1. The molecule has 1 aromatic rings. The highest BCUT2D eigenvalue weighted by Crippen LogP contribution is 2.32. The van der Waals surface area contributed by atoms with E-state index in [2.05, 4.69) is 4.90 Å². The first-order chi connectivity index (χ1) is 10.7. The van der Waals surface area contributed by atoms with Crippen molar-refractivity contribution >= 4 is 5.78 Å². The summed E-state index contributed by atoms with van der Waals surface area (Å²) in [6, 6.07) is 6.43. The maximum atomic E-state index is 11.6. The van der Waals surface area contributed by atoms with Crippen LogP contribution in [0, 0.1) is 5.92 Å². The van der Waals surface area contributed by atoms with Gasteiger partial charge in [-0.15, -0.1) is 0 Å². The van der Waals surface area contributed by atoms with Crippen molar-refractivity contribution in [3.63, 3.8) is 0 Å². The minimum atomic E-state index is 0.103. The first-order valence-electron chi connectivity index (χ1n) is 8.17. The zero-order valence-corrected chi connectivity index (χ0v) is 13.5. The molecular weight excluding hydrogens is 278 g/mol. The van der Waals surface area contributed by atoms with E-state index in [4.69, 9.17) is 9.47 Å². The number of methoxy groups -OCH3 is 1. The summed E-state index contributed by atoms with van der Waals surface area (Å²) in [5.74, 6) is 1.62. The minimum Gasteiger partial charge on any atom is -0.496 e. The Hall–Kier alpha value is -1.39. The van der Waals surface area contributed by atoms with Gasteiger partial charge in [-0.1, -0.05) is 0 Å². The smallest absolute Gasteiger partial charge is 0.159 e. The molecule has 1 saturated carbocycles. The predicted octanol–water partition coefficient (Wildman–Crippen LogP) is 2.90. The number of hydrogen-bond donors (Lipinski definition) is 0. The van der Waals surface area contributed by atoms with Crippen LogP contribution in [-0.2, 0) is 11.3 Å². The maximum Gasteiger partial charge on any atom is 0.159 e. The van der Waals surface area contributed by atoms with Gasteiger partial charge < -0.3 is 9.47 Å². The molecule has 1 aliphatic carbocycles. The van der Waals surface area contributed by atoms with Crippen molar-refractivity contribution in [2.45, 2.75) is 38.8 Å². The van der Waals surface area contributed by atoms with E-state index in [-0.39, 0.29) is 5.78 Å². The van der Waals surface area contributed by atoms with Gasteiger partial charge in [0.15, 0.2) is 5.78 Å². The van der Waals surface area contributed by atoms with Gasteiger partial charge in [0.25, 0.3) is 0 Å². The molecule has 22 heavy (non-hydrogen) atoms. The number of ether oxygens (including phenoxy) is 2. The molecule has 0 aromatic heterocycles. The summed E-state index contributed by atoms with van der Waals surface area (Å²) < 4.78 is 11.0. The Labute approximate surface area is 132 Å². The molecule has 0 spiro atoms. The molecule has 0 radical (unpaired) electrons.